The molecule has 1 aromatic carbocycles. The lowest BCUT2D eigenvalue weighted by Gasteiger charge is -2.13. The van der Waals surface area contributed by atoms with E-state index in [9.17, 15) is 18.4 Å². The fourth-order valence-electron chi connectivity index (χ4n) is 1.27. The lowest BCUT2D eigenvalue weighted by molar-refractivity contribution is -0.138. The first-order valence-electron chi connectivity index (χ1n) is 4.94. The van der Waals surface area contributed by atoms with E-state index in [2.05, 4.69) is 4.74 Å². The molecule has 0 radical (unpaired) electrons. The molecule has 0 aromatic heterocycles. The van der Waals surface area contributed by atoms with Gasteiger partial charge in [-0.15, -0.1) is 0 Å². The van der Waals surface area contributed by atoms with Gasteiger partial charge in [0.2, 0.25) is 0 Å². The van der Waals surface area contributed by atoms with Gasteiger partial charge in [-0.25, -0.2) is 8.78 Å². The number of carboxylic acid groups (broad SMARTS) is 1. The molecule has 2 N–H and O–H groups in total. The van der Waals surface area contributed by atoms with Crippen molar-refractivity contribution in [1.29, 1.82) is 0 Å². The summed E-state index contributed by atoms with van der Waals surface area (Å²) in [4.78, 5) is 22.2. The molecule has 18 heavy (non-hydrogen) atoms. The van der Waals surface area contributed by atoms with Crippen LogP contribution in [0.4, 0.5) is 8.78 Å². The number of methoxy groups -OCH3 is 1. The summed E-state index contributed by atoms with van der Waals surface area (Å²) < 4.78 is 31.4. The van der Waals surface area contributed by atoms with Gasteiger partial charge in [-0.3, -0.25) is 9.59 Å². The first kappa shape index (κ1) is 13.9. The molecule has 0 fully saturated rings. The van der Waals surface area contributed by atoms with Gasteiger partial charge in [0.1, 0.15) is 17.4 Å². The number of carboxylic acids is 1. The number of nitrogens with one attached hydrogen (secondary N) is 1. The summed E-state index contributed by atoms with van der Waals surface area (Å²) in [6, 6.07) is 0.342. The summed E-state index contributed by atoms with van der Waals surface area (Å²) in [5.74, 6) is -4.82. The minimum atomic E-state index is -1.29. The van der Waals surface area contributed by atoms with Crippen LogP contribution in [0.3, 0.4) is 0 Å². The van der Waals surface area contributed by atoms with Gasteiger partial charge in [-0.05, 0) is 19.1 Å². The van der Waals surface area contributed by atoms with Crippen LogP contribution in [0.5, 0.6) is 5.75 Å². The number of ether oxygens (including phenoxy) is 1. The van der Waals surface area contributed by atoms with Gasteiger partial charge in [-0.2, -0.15) is 0 Å². The largest absolute Gasteiger partial charge is 0.493 e. The van der Waals surface area contributed by atoms with E-state index in [1.165, 1.54) is 6.92 Å². The third-order valence-corrected chi connectivity index (χ3v) is 2.21. The van der Waals surface area contributed by atoms with Crippen LogP contribution >= 0.6 is 0 Å². The molecule has 0 aliphatic carbocycles. The second-order valence-electron chi connectivity index (χ2n) is 3.47. The molecule has 0 saturated carbocycles. The molecular weight excluding hydrogens is 248 g/mol. The lowest BCUT2D eigenvalue weighted by Crippen LogP contribution is -2.38. The Morgan fingerprint density at radius 1 is 1.33 bits per heavy atom. The zero-order valence-electron chi connectivity index (χ0n) is 9.66. The zero-order chi connectivity index (χ0) is 13.9. The number of hydrogen-bond acceptors (Lipinski definition) is 3. The number of carbonyl (C=O) groups excluding carboxylic acids is 1. The van der Waals surface area contributed by atoms with Crippen molar-refractivity contribution in [3.63, 3.8) is 0 Å². The second-order valence-corrected chi connectivity index (χ2v) is 3.47. The molecule has 5 nitrogen and oxygen atoms in total. The van der Waals surface area contributed by atoms with Gasteiger partial charge in [0.05, 0.1) is 7.11 Å². The number of rotatable bonds is 4. The number of halogens is 2. The third kappa shape index (κ3) is 2.73. The van der Waals surface area contributed by atoms with Crippen LogP contribution < -0.4 is 10.1 Å². The summed E-state index contributed by atoms with van der Waals surface area (Å²) in [6.07, 6.45) is 0. The summed E-state index contributed by atoms with van der Waals surface area (Å²) >= 11 is 0. The number of carbonyl (C=O) groups is 2. The van der Waals surface area contributed by atoms with Crippen LogP contribution in [-0.4, -0.2) is 30.1 Å². The van der Waals surface area contributed by atoms with Crippen LogP contribution in [0.1, 0.15) is 17.3 Å². The summed E-state index contributed by atoms with van der Waals surface area (Å²) in [5.41, 5.74) is -0.661. The Labute approximate surface area is 101 Å². The van der Waals surface area contributed by atoms with Crippen LogP contribution in [0.2, 0.25) is 0 Å². The molecule has 1 aromatic rings. The van der Waals surface area contributed by atoms with E-state index in [1.807, 2.05) is 5.32 Å². The predicted octanol–water partition coefficient (Wildman–Crippen LogP) is 1.18. The van der Waals surface area contributed by atoms with Gasteiger partial charge >= 0.3 is 5.97 Å². The first-order chi connectivity index (χ1) is 8.38. The second kappa shape index (κ2) is 5.44. The SMILES string of the molecule is COc1c(F)ccc(F)c1C(=O)N[C@@H](C)C(=O)O. The van der Waals surface area contributed by atoms with Gasteiger partial charge in [0.15, 0.2) is 11.6 Å². The topological polar surface area (TPSA) is 75.6 Å². The molecule has 0 heterocycles. The van der Waals surface area contributed by atoms with Gasteiger partial charge in [-0.1, -0.05) is 0 Å². The number of amides is 1. The molecule has 0 unspecified atom stereocenters. The molecule has 7 heteroatoms. The molecule has 0 spiro atoms. The van der Waals surface area contributed by atoms with Crippen molar-refractivity contribution in [3.8, 4) is 5.75 Å². The highest BCUT2D eigenvalue weighted by Gasteiger charge is 2.24. The van der Waals surface area contributed by atoms with Gasteiger partial charge in [0, 0.05) is 0 Å². The molecular formula is C11H11F2NO4. The third-order valence-electron chi connectivity index (χ3n) is 2.21. The molecule has 0 bridgehead atoms. The summed E-state index contributed by atoms with van der Waals surface area (Å²) in [7, 11) is 1.08. The van der Waals surface area contributed by atoms with E-state index in [-0.39, 0.29) is 0 Å². The number of benzene rings is 1. The molecule has 0 aliphatic heterocycles. The minimum Gasteiger partial charge on any atom is -0.493 e. The van der Waals surface area contributed by atoms with E-state index >= 15 is 0 Å². The van der Waals surface area contributed by atoms with Crippen molar-refractivity contribution < 1.29 is 28.2 Å². The van der Waals surface area contributed by atoms with E-state index in [0.717, 1.165) is 19.2 Å². The lowest BCUT2D eigenvalue weighted by atomic mass is 10.1. The fraction of sp³-hybridized carbons (Fsp3) is 0.273. The Morgan fingerprint density at radius 2 is 1.89 bits per heavy atom. The highest BCUT2D eigenvalue weighted by atomic mass is 19.1. The Morgan fingerprint density at radius 3 is 2.39 bits per heavy atom. The van der Waals surface area contributed by atoms with Crippen molar-refractivity contribution in [3.05, 3.63) is 29.3 Å². The highest BCUT2D eigenvalue weighted by Crippen LogP contribution is 2.25. The van der Waals surface area contributed by atoms with Crippen LogP contribution in [0.25, 0.3) is 0 Å². The molecule has 0 saturated heterocycles. The quantitative estimate of drug-likeness (QED) is 0.851. The normalized spacial score (nSPS) is 11.8. The van der Waals surface area contributed by atoms with Gasteiger partial charge < -0.3 is 15.2 Å². The molecule has 1 amide bonds. The standard InChI is InChI=1S/C11H11F2NO4/c1-5(11(16)17)14-10(15)8-6(12)3-4-7(13)9(8)18-2/h3-5H,1-2H3,(H,14,15)(H,16,17)/t5-/m0/s1. The van der Waals surface area contributed by atoms with E-state index in [0.29, 0.717) is 0 Å². The molecule has 1 atom stereocenters. The van der Waals surface area contributed by atoms with Crippen molar-refractivity contribution in [1.82, 2.24) is 5.32 Å². The highest BCUT2D eigenvalue weighted by molar-refractivity contribution is 5.99. The Balaban J connectivity index is 3.12. The van der Waals surface area contributed by atoms with E-state index < -0.39 is 40.9 Å². The van der Waals surface area contributed by atoms with Crippen LogP contribution in [0.15, 0.2) is 12.1 Å². The average Bonchev–Trinajstić information content (AvgIpc) is 2.31. The maximum absolute atomic E-state index is 13.5. The Hall–Kier alpha value is -2.18. The van der Waals surface area contributed by atoms with Crippen molar-refractivity contribution in [2.24, 2.45) is 0 Å². The Kier molecular flexibility index (Phi) is 4.19. The maximum atomic E-state index is 13.5. The maximum Gasteiger partial charge on any atom is 0.325 e. The van der Waals surface area contributed by atoms with Crippen LogP contribution in [-0.2, 0) is 4.79 Å². The fourth-order valence-corrected chi connectivity index (χ4v) is 1.27. The molecule has 98 valence electrons. The average molecular weight is 259 g/mol. The van der Waals surface area contributed by atoms with E-state index in [1.54, 1.807) is 0 Å². The minimum absolute atomic E-state index is 0.565. The molecule has 0 aliphatic rings. The summed E-state index contributed by atoms with van der Waals surface area (Å²) in [5, 5.41) is 10.6. The van der Waals surface area contributed by atoms with E-state index in [4.69, 9.17) is 5.11 Å². The van der Waals surface area contributed by atoms with Crippen LogP contribution in [0, 0.1) is 11.6 Å². The van der Waals surface area contributed by atoms with Crippen molar-refractivity contribution in [2.75, 3.05) is 7.11 Å². The monoisotopic (exact) mass is 259 g/mol. The summed E-state index contributed by atoms with van der Waals surface area (Å²) in [6.45, 7) is 1.20. The zero-order valence-corrected chi connectivity index (χ0v) is 9.66. The number of hydrogen-bond donors (Lipinski definition) is 2. The Bertz CT molecular complexity index is 490. The number of aliphatic carboxylic acids is 1. The van der Waals surface area contributed by atoms with Crippen molar-refractivity contribution in [2.45, 2.75) is 13.0 Å². The first-order valence-corrected chi connectivity index (χ1v) is 4.94. The predicted molar refractivity (Wildman–Crippen MR) is 57.5 cm³/mol. The molecule has 1 rings (SSSR count). The smallest absolute Gasteiger partial charge is 0.325 e. The van der Waals surface area contributed by atoms with Gasteiger partial charge in [0.25, 0.3) is 5.91 Å². The van der Waals surface area contributed by atoms with Crippen molar-refractivity contribution >= 4 is 11.9 Å².